The topological polar surface area (TPSA) is 15.8 Å². The summed E-state index contributed by atoms with van der Waals surface area (Å²) in [5.74, 6) is 0. The fraction of sp³-hybridized carbons (Fsp3) is 0. The van der Waals surface area contributed by atoms with Crippen molar-refractivity contribution in [3.05, 3.63) is 78.9 Å². The Labute approximate surface area is 133 Å². The van der Waals surface area contributed by atoms with E-state index in [-0.39, 0.29) is 0 Å². The summed E-state index contributed by atoms with van der Waals surface area (Å²) in [6, 6.07) is 23.5. The summed E-state index contributed by atoms with van der Waals surface area (Å²) in [4.78, 5) is 5.96. The molecule has 0 bridgehead atoms. The van der Waals surface area contributed by atoms with E-state index in [1.54, 1.807) is 11.8 Å². The summed E-state index contributed by atoms with van der Waals surface area (Å²) in [5.41, 5.74) is 3.53. The molecular weight excluding hydrogens is 286 g/mol. The van der Waals surface area contributed by atoms with Gasteiger partial charge in [-0.1, -0.05) is 54.7 Å². The van der Waals surface area contributed by atoms with Gasteiger partial charge in [0.15, 0.2) is 0 Å². The first-order valence-electron chi connectivity index (χ1n) is 7.24. The average molecular weight is 301 g/mol. The predicted octanol–water partition coefficient (Wildman–Crippen LogP) is 6.12. The van der Waals surface area contributed by atoms with Gasteiger partial charge in [-0.3, -0.25) is 0 Å². The lowest BCUT2D eigenvalue weighted by Crippen LogP contribution is -1.76. The van der Waals surface area contributed by atoms with E-state index in [2.05, 4.69) is 78.3 Å². The summed E-state index contributed by atoms with van der Waals surface area (Å²) in [6.07, 6.45) is 1.87. The molecule has 4 rings (SSSR count). The van der Waals surface area contributed by atoms with Crippen molar-refractivity contribution in [2.45, 2.75) is 9.79 Å². The standard InChI is InChI=1S/C20H15NS/c1-2-14-7-9-15(10-8-14)22-16-11-12-20-18(13-16)17-5-3-4-6-19(17)21-20/h2-13,21H,1H2. The molecule has 1 nitrogen and oxygen atoms in total. The molecule has 1 N–H and O–H groups in total. The minimum Gasteiger partial charge on any atom is -0.355 e. The number of hydrogen-bond donors (Lipinski definition) is 1. The smallest absolute Gasteiger partial charge is 0.0465 e. The van der Waals surface area contributed by atoms with Gasteiger partial charge in [-0.25, -0.2) is 0 Å². The normalized spacial score (nSPS) is 11.1. The van der Waals surface area contributed by atoms with Gasteiger partial charge in [0, 0.05) is 31.6 Å². The molecule has 0 saturated heterocycles. The highest BCUT2D eigenvalue weighted by Gasteiger charge is 2.05. The molecule has 22 heavy (non-hydrogen) atoms. The van der Waals surface area contributed by atoms with Gasteiger partial charge in [-0.2, -0.15) is 0 Å². The van der Waals surface area contributed by atoms with Crippen LogP contribution in [-0.2, 0) is 0 Å². The van der Waals surface area contributed by atoms with E-state index in [0.29, 0.717) is 0 Å². The van der Waals surface area contributed by atoms with Crippen molar-refractivity contribution in [3.63, 3.8) is 0 Å². The van der Waals surface area contributed by atoms with E-state index >= 15 is 0 Å². The summed E-state index contributed by atoms with van der Waals surface area (Å²) >= 11 is 1.79. The first kappa shape index (κ1) is 13.2. The van der Waals surface area contributed by atoms with Gasteiger partial charge in [0.25, 0.3) is 0 Å². The summed E-state index contributed by atoms with van der Waals surface area (Å²) in [5, 5.41) is 2.56. The third-order valence-corrected chi connectivity index (χ3v) is 4.83. The third-order valence-electron chi connectivity index (χ3n) is 3.83. The van der Waals surface area contributed by atoms with E-state index < -0.39 is 0 Å². The molecule has 0 unspecified atom stereocenters. The van der Waals surface area contributed by atoms with Gasteiger partial charge in [0.05, 0.1) is 0 Å². The second-order valence-corrected chi connectivity index (χ2v) is 6.40. The zero-order valence-electron chi connectivity index (χ0n) is 12.0. The second-order valence-electron chi connectivity index (χ2n) is 5.25. The van der Waals surface area contributed by atoms with Crippen LogP contribution in [0.5, 0.6) is 0 Å². The molecule has 1 aromatic heterocycles. The molecule has 0 fully saturated rings. The van der Waals surface area contributed by atoms with Crippen molar-refractivity contribution < 1.29 is 0 Å². The fourth-order valence-corrected chi connectivity index (χ4v) is 3.56. The van der Waals surface area contributed by atoms with E-state index in [4.69, 9.17) is 0 Å². The van der Waals surface area contributed by atoms with Gasteiger partial charge in [-0.05, 0) is 42.0 Å². The van der Waals surface area contributed by atoms with E-state index in [1.165, 1.54) is 31.6 Å². The number of aromatic nitrogens is 1. The Balaban J connectivity index is 1.74. The molecule has 4 aromatic rings. The van der Waals surface area contributed by atoms with Crippen LogP contribution in [0, 0.1) is 0 Å². The minimum atomic E-state index is 1.15. The highest BCUT2D eigenvalue weighted by molar-refractivity contribution is 7.99. The quantitative estimate of drug-likeness (QED) is 0.482. The van der Waals surface area contributed by atoms with Crippen molar-refractivity contribution in [2.24, 2.45) is 0 Å². The van der Waals surface area contributed by atoms with Crippen LogP contribution in [0.3, 0.4) is 0 Å². The maximum absolute atomic E-state index is 3.79. The number of para-hydroxylation sites is 1. The maximum Gasteiger partial charge on any atom is 0.0465 e. The van der Waals surface area contributed by atoms with Crippen LogP contribution < -0.4 is 0 Å². The van der Waals surface area contributed by atoms with Crippen LogP contribution in [0.4, 0.5) is 0 Å². The average Bonchev–Trinajstić information content (AvgIpc) is 2.94. The Kier molecular flexibility index (Phi) is 3.24. The number of fused-ring (bicyclic) bond motifs is 3. The largest absolute Gasteiger partial charge is 0.355 e. The molecule has 2 heteroatoms. The van der Waals surface area contributed by atoms with Gasteiger partial charge in [0.1, 0.15) is 0 Å². The maximum atomic E-state index is 3.79. The number of benzene rings is 3. The Morgan fingerprint density at radius 1 is 0.773 bits per heavy atom. The number of rotatable bonds is 3. The fourth-order valence-electron chi connectivity index (χ4n) is 2.70. The molecule has 0 amide bonds. The molecule has 3 aromatic carbocycles. The van der Waals surface area contributed by atoms with Crippen molar-refractivity contribution >= 4 is 39.6 Å². The number of nitrogens with one attached hydrogen (secondary N) is 1. The van der Waals surface area contributed by atoms with Crippen LogP contribution in [0.1, 0.15) is 5.56 Å². The highest BCUT2D eigenvalue weighted by Crippen LogP contribution is 2.33. The molecule has 1 heterocycles. The van der Waals surface area contributed by atoms with E-state index in [0.717, 1.165) is 5.56 Å². The minimum absolute atomic E-state index is 1.15. The van der Waals surface area contributed by atoms with Crippen LogP contribution in [0.15, 0.2) is 83.1 Å². The van der Waals surface area contributed by atoms with Gasteiger partial charge in [0.2, 0.25) is 0 Å². The van der Waals surface area contributed by atoms with Crippen molar-refractivity contribution in [2.75, 3.05) is 0 Å². The van der Waals surface area contributed by atoms with Crippen LogP contribution >= 0.6 is 11.8 Å². The van der Waals surface area contributed by atoms with Crippen molar-refractivity contribution in [1.82, 2.24) is 4.98 Å². The number of aromatic amines is 1. The highest BCUT2D eigenvalue weighted by atomic mass is 32.2. The summed E-state index contributed by atoms with van der Waals surface area (Å²) in [7, 11) is 0. The molecule has 106 valence electrons. The molecule has 0 aliphatic carbocycles. The zero-order valence-corrected chi connectivity index (χ0v) is 12.9. The van der Waals surface area contributed by atoms with Crippen LogP contribution in [0.2, 0.25) is 0 Å². The number of hydrogen-bond acceptors (Lipinski definition) is 1. The SMILES string of the molecule is C=Cc1ccc(Sc2ccc3[nH]c4ccccc4c3c2)cc1. The Morgan fingerprint density at radius 3 is 2.32 bits per heavy atom. The molecule has 0 aliphatic rings. The molecular formula is C20H15NS. The molecule has 0 atom stereocenters. The Hall–Kier alpha value is -2.45. The van der Waals surface area contributed by atoms with E-state index in [1.807, 2.05) is 6.08 Å². The third kappa shape index (κ3) is 2.32. The lowest BCUT2D eigenvalue weighted by molar-refractivity contribution is 1.41. The summed E-state index contributed by atoms with van der Waals surface area (Å²) in [6.45, 7) is 3.79. The van der Waals surface area contributed by atoms with Crippen molar-refractivity contribution in [1.29, 1.82) is 0 Å². The number of H-pyrrole nitrogens is 1. The second kappa shape index (κ2) is 5.39. The molecule has 0 saturated carbocycles. The molecule has 0 spiro atoms. The predicted molar refractivity (Wildman–Crippen MR) is 96.5 cm³/mol. The Morgan fingerprint density at radius 2 is 1.50 bits per heavy atom. The zero-order chi connectivity index (χ0) is 14.9. The van der Waals surface area contributed by atoms with Gasteiger partial charge >= 0.3 is 0 Å². The monoisotopic (exact) mass is 301 g/mol. The van der Waals surface area contributed by atoms with Gasteiger partial charge in [-0.15, -0.1) is 0 Å². The van der Waals surface area contributed by atoms with Crippen LogP contribution in [0.25, 0.3) is 27.9 Å². The lowest BCUT2D eigenvalue weighted by atomic mass is 10.1. The van der Waals surface area contributed by atoms with Crippen LogP contribution in [-0.4, -0.2) is 4.98 Å². The van der Waals surface area contributed by atoms with E-state index in [9.17, 15) is 0 Å². The van der Waals surface area contributed by atoms with Gasteiger partial charge < -0.3 is 4.98 Å². The molecule has 0 radical (unpaired) electrons. The van der Waals surface area contributed by atoms with Crippen molar-refractivity contribution in [3.8, 4) is 0 Å². The lowest BCUT2D eigenvalue weighted by Gasteiger charge is -2.03. The Bertz CT molecular complexity index is 964. The first-order chi connectivity index (χ1) is 10.8. The first-order valence-corrected chi connectivity index (χ1v) is 8.06. The summed E-state index contributed by atoms with van der Waals surface area (Å²) < 4.78 is 0. The molecule has 0 aliphatic heterocycles.